The lowest BCUT2D eigenvalue weighted by Gasteiger charge is -1.86. The molecule has 0 aliphatic carbocycles. The van der Waals surface area contributed by atoms with E-state index in [0.29, 0.717) is 11.7 Å². The molecule has 1 aromatic heterocycles. The second kappa shape index (κ2) is 4.06. The van der Waals surface area contributed by atoms with E-state index < -0.39 is 5.97 Å². The maximum Gasteiger partial charge on any atom is 0.303 e. The zero-order valence-electron chi connectivity index (χ0n) is 6.16. The summed E-state index contributed by atoms with van der Waals surface area (Å²) in [5, 5.41) is 11.8. The Morgan fingerprint density at radius 2 is 2.42 bits per heavy atom. The third-order valence-corrected chi connectivity index (χ3v) is 1.42. The highest BCUT2D eigenvalue weighted by atomic mass is 35.5. The number of rotatable bonds is 4. The molecule has 0 bridgehead atoms. The van der Waals surface area contributed by atoms with Crippen molar-refractivity contribution in [2.24, 2.45) is 0 Å². The normalized spacial score (nSPS) is 10.1. The van der Waals surface area contributed by atoms with Gasteiger partial charge in [0.2, 0.25) is 5.89 Å². The first-order valence-electron chi connectivity index (χ1n) is 3.31. The number of alkyl halides is 1. The van der Waals surface area contributed by atoms with Gasteiger partial charge in [0.1, 0.15) is 0 Å². The summed E-state index contributed by atoms with van der Waals surface area (Å²) in [6.07, 6.45) is 0.239. The van der Waals surface area contributed by atoms with Crippen molar-refractivity contribution in [2.75, 3.05) is 0 Å². The van der Waals surface area contributed by atoms with E-state index in [1.165, 1.54) is 0 Å². The van der Waals surface area contributed by atoms with Crippen molar-refractivity contribution in [1.29, 1.82) is 0 Å². The molecule has 66 valence electrons. The van der Waals surface area contributed by atoms with Gasteiger partial charge in [-0.2, -0.15) is 4.98 Å². The Hall–Kier alpha value is -1.10. The molecule has 1 aromatic rings. The molecule has 0 spiro atoms. The van der Waals surface area contributed by atoms with Crippen molar-refractivity contribution < 1.29 is 14.4 Å². The van der Waals surface area contributed by atoms with E-state index in [2.05, 4.69) is 10.1 Å². The third kappa shape index (κ3) is 2.50. The zero-order valence-corrected chi connectivity index (χ0v) is 6.91. The molecule has 1 rings (SSSR count). The van der Waals surface area contributed by atoms with Crippen LogP contribution in [0.5, 0.6) is 0 Å². The molecular formula is C6H7ClN2O3. The van der Waals surface area contributed by atoms with Crippen molar-refractivity contribution in [3.05, 3.63) is 11.7 Å². The number of carboxylic acid groups (broad SMARTS) is 1. The van der Waals surface area contributed by atoms with E-state index in [9.17, 15) is 4.79 Å². The summed E-state index contributed by atoms with van der Waals surface area (Å²) in [6.45, 7) is 0. The first-order valence-corrected chi connectivity index (χ1v) is 3.85. The molecule has 0 fully saturated rings. The van der Waals surface area contributed by atoms with Gasteiger partial charge in [0.15, 0.2) is 5.82 Å². The first kappa shape index (κ1) is 8.99. The number of aromatic nitrogens is 2. The topological polar surface area (TPSA) is 76.2 Å². The molecule has 0 amide bonds. The minimum Gasteiger partial charge on any atom is -0.481 e. The van der Waals surface area contributed by atoms with Crippen LogP contribution in [0, 0.1) is 0 Å². The Bertz CT molecular complexity index is 274. The molecule has 1 heterocycles. The van der Waals surface area contributed by atoms with E-state index >= 15 is 0 Å². The van der Waals surface area contributed by atoms with Crippen LogP contribution in [0.15, 0.2) is 4.52 Å². The van der Waals surface area contributed by atoms with Gasteiger partial charge in [-0.1, -0.05) is 5.16 Å². The summed E-state index contributed by atoms with van der Waals surface area (Å²) in [5.41, 5.74) is 0. The monoisotopic (exact) mass is 190 g/mol. The van der Waals surface area contributed by atoms with Crippen molar-refractivity contribution in [3.8, 4) is 0 Å². The van der Waals surface area contributed by atoms with Gasteiger partial charge in [-0.15, -0.1) is 11.6 Å². The van der Waals surface area contributed by atoms with Crippen LogP contribution in [0.4, 0.5) is 0 Å². The molecule has 0 atom stereocenters. The number of aryl methyl sites for hydroxylation is 1. The summed E-state index contributed by atoms with van der Waals surface area (Å²) >= 11 is 5.40. The third-order valence-electron chi connectivity index (χ3n) is 1.18. The maximum absolute atomic E-state index is 10.1. The Balaban J connectivity index is 2.47. The Morgan fingerprint density at radius 1 is 1.67 bits per heavy atom. The van der Waals surface area contributed by atoms with Crippen LogP contribution in [0.25, 0.3) is 0 Å². The molecule has 0 radical (unpaired) electrons. The number of carboxylic acids is 1. The van der Waals surface area contributed by atoms with Crippen LogP contribution in [-0.4, -0.2) is 21.2 Å². The van der Waals surface area contributed by atoms with Gasteiger partial charge < -0.3 is 9.63 Å². The lowest BCUT2D eigenvalue weighted by molar-refractivity contribution is -0.137. The average molecular weight is 191 g/mol. The predicted octanol–water partition coefficient (Wildman–Crippen LogP) is 0.826. The highest BCUT2D eigenvalue weighted by Crippen LogP contribution is 2.02. The van der Waals surface area contributed by atoms with Crippen molar-refractivity contribution >= 4 is 17.6 Å². The lowest BCUT2D eigenvalue weighted by Crippen LogP contribution is -1.97. The first-order chi connectivity index (χ1) is 5.72. The summed E-state index contributed by atoms with van der Waals surface area (Å²) in [6, 6.07) is 0. The van der Waals surface area contributed by atoms with E-state index in [4.69, 9.17) is 21.2 Å². The highest BCUT2D eigenvalue weighted by Gasteiger charge is 2.06. The molecule has 0 unspecified atom stereocenters. The number of halogens is 1. The Kier molecular flexibility index (Phi) is 3.04. The van der Waals surface area contributed by atoms with Crippen molar-refractivity contribution in [3.63, 3.8) is 0 Å². The van der Waals surface area contributed by atoms with E-state index in [1.807, 2.05) is 0 Å². The number of hydrogen-bond donors (Lipinski definition) is 1. The smallest absolute Gasteiger partial charge is 0.303 e. The van der Waals surface area contributed by atoms with Crippen LogP contribution >= 0.6 is 11.6 Å². The lowest BCUT2D eigenvalue weighted by atomic mass is 10.3. The van der Waals surface area contributed by atoms with Crippen LogP contribution in [0.2, 0.25) is 0 Å². The zero-order chi connectivity index (χ0) is 8.97. The standard InChI is InChI=1S/C6H7ClN2O3/c7-3-4-8-5(12-9-4)1-2-6(10)11/h1-3H2,(H,10,11). The predicted molar refractivity (Wildman–Crippen MR) is 39.8 cm³/mol. The highest BCUT2D eigenvalue weighted by molar-refractivity contribution is 6.16. The molecule has 6 heteroatoms. The van der Waals surface area contributed by atoms with Gasteiger partial charge in [-0.3, -0.25) is 4.79 Å². The molecule has 1 N–H and O–H groups in total. The summed E-state index contributed by atoms with van der Waals surface area (Å²) < 4.78 is 4.70. The molecular weight excluding hydrogens is 184 g/mol. The van der Waals surface area contributed by atoms with Crippen LogP contribution in [0.1, 0.15) is 18.1 Å². The van der Waals surface area contributed by atoms with Crippen LogP contribution in [-0.2, 0) is 17.1 Å². The second-order valence-corrected chi connectivity index (χ2v) is 2.40. The molecule has 0 aromatic carbocycles. The fourth-order valence-electron chi connectivity index (χ4n) is 0.660. The number of aliphatic carboxylic acids is 1. The number of hydrogen-bond acceptors (Lipinski definition) is 4. The molecule has 0 aliphatic rings. The van der Waals surface area contributed by atoms with Crippen molar-refractivity contribution in [2.45, 2.75) is 18.7 Å². The van der Waals surface area contributed by atoms with Crippen molar-refractivity contribution in [1.82, 2.24) is 10.1 Å². The van der Waals surface area contributed by atoms with Crippen LogP contribution in [0.3, 0.4) is 0 Å². The molecule has 0 aliphatic heterocycles. The quantitative estimate of drug-likeness (QED) is 0.712. The Morgan fingerprint density at radius 3 is 2.92 bits per heavy atom. The SMILES string of the molecule is O=C(O)CCc1nc(CCl)no1. The molecule has 0 saturated carbocycles. The second-order valence-electron chi connectivity index (χ2n) is 2.13. The largest absolute Gasteiger partial charge is 0.481 e. The minimum atomic E-state index is -0.888. The minimum absolute atomic E-state index is 0.0100. The fraction of sp³-hybridized carbons (Fsp3) is 0.500. The Labute approximate surface area is 73.3 Å². The summed E-state index contributed by atoms with van der Waals surface area (Å²) in [7, 11) is 0. The van der Waals surface area contributed by atoms with Gasteiger partial charge in [0, 0.05) is 6.42 Å². The van der Waals surface area contributed by atoms with Gasteiger partial charge >= 0.3 is 5.97 Å². The number of nitrogens with zero attached hydrogens (tertiary/aromatic N) is 2. The van der Waals surface area contributed by atoms with Gasteiger partial charge in [0.05, 0.1) is 12.3 Å². The van der Waals surface area contributed by atoms with Crippen LogP contribution < -0.4 is 0 Å². The van der Waals surface area contributed by atoms with E-state index in [0.717, 1.165) is 0 Å². The van der Waals surface area contributed by atoms with Gasteiger partial charge in [0.25, 0.3) is 0 Å². The maximum atomic E-state index is 10.1. The van der Waals surface area contributed by atoms with Gasteiger partial charge in [-0.25, -0.2) is 0 Å². The summed E-state index contributed by atoms with van der Waals surface area (Å²) in [4.78, 5) is 14.0. The molecule has 5 nitrogen and oxygen atoms in total. The molecule has 12 heavy (non-hydrogen) atoms. The van der Waals surface area contributed by atoms with E-state index in [1.54, 1.807) is 0 Å². The molecule has 0 saturated heterocycles. The average Bonchev–Trinajstić information content (AvgIpc) is 2.48. The number of carbonyl (C=O) groups is 1. The summed E-state index contributed by atoms with van der Waals surface area (Å²) in [5.74, 6) is -0.0120. The van der Waals surface area contributed by atoms with E-state index in [-0.39, 0.29) is 18.7 Å². The van der Waals surface area contributed by atoms with Gasteiger partial charge in [-0.05, 0) is 0 Å². The fourth-order valence-corrected chi connectivity index (χ4v) is 0.768.